The molecule has 3 N–H and O–H groups in total. The molecular weight excluding hydrogens is 259 g/mol. The minimum absolute atomic E-state index is 0.128. The molecule has 4 nitrogen and oxygen atoms in total. The molecule has 0 heterocycles. The van der Waals surface area contributed by atoms with Crippen LogP contribution in [0, 0.1) is 12.7 Å². The molecule has 0 aliphatic rings. The molecule has 2 aromatic carbocycles. The van der Waals surface area contributed by atoms with Crippen molar-refractivity contribution in [2.24, 2.45) is 0 Å². The van der Waals surface area contributed by atoms with Crippen LogP contribution >= 0.6 is 0 Å². The lowest BCUT2D eigenvalue weighted by atomic mass is 10.1. The monoisotopic (exact) mass is 274 g/mol. The van der Waals surface area contributed by atoms with Gasteiger partial charge in [-0.05, 0) is 36.8 Å². The third-order valence-electron chi connectivity index (χ3n) is 2.92. The van der Waals surface area contributed by atoms with Gasteiger partial charge in [-0.25, -0.2) is 4.39 Å². The average Bonchev–Trinajstić information content (AvgIpc) is 2.41. The predicted octanol–water partition coefficient (Wildman–Crippen LogP) is 2.98. The number of amides is 1. The first-order valence-corrected chi connectivity index (χ1v) is 6.02. The van der Waals surface area contributed by atoms with Crippen LogP contribution in [0.25, 0.3) is 0 Å². The Balaban J connectivity index is 2.23. The number of hydrogen-bond donors (Lipinski definition) is 2. The van der Waals surface area contributed by atoms with Gasteiger partial charge in [0.15, 0.2) is 11.6 Å². The van der Waals surface area contributed by atoms with Crippen molar-refractivity contribution in [2.45, 2.75) is 6.92 Å². The number of carbonyl (C=O) groups is 1. The fourth-order valence-electron chi connectivity index (χ4n) is 1.83. The Labute approximate surface area is 116 Å². The summed E-state index contributed by atoms with van der Waals surface area (Å²) in [5.41, 5.74) is 7.78. The van der Waals surface area contributed by atoms with Crippen LogP contribution in [0.4, 0.5) is 15.8 Å². The zero-order chi connectivity index (χ0) is 14.7. The third-order valence-corrected chi connectivity index (χ3v) is 2.92. The zero-order valence-electron chi connectivity index (χ0n) is 11.2. The van der Waals surface area contributed by atoms with Crippen LogP contribution in [-0.2, 0) is 0 Å². The van der Waals surface area contributed by atoms with E-state index in [2.05, 4.69) is 5.32 Å². The number of hydrogen-bond acceptors (Lipinski definition) is 3. The zero-order valence-corrected chi connectivity index (χ0v) is 11.2. The van der Waals surface area contributed by atoms with Crippen molar-refractivity contribution in [1.82, 2.24) is 0 Å². The van der Waals surface area contributed by atoms with E-state index in [0.29, 0.717) is 16.9 Å². The molecular formula is C15H15FN2O2. The fraction of sp³-hybridized carbons (Fsp3) is 0.133. The standard InChI is InChI=1S/C15H15FN2O2/c1-9-3-4-10(17)7-12(9)15(19)18-11-5-6-14(20-2)13(16)8-11/h3-8H,17H2,1-2H3,(H,18,19). The van der Waals surface area contributed by atoms with Crippen LogP contribution in [-0.4, -0.2) is 13.0 Å². The van der Waals surface area contributed by atoms with Gasteiger partial charge in [0, 0.05) is 23.0 Å². The molecule has 0 atom stereocenters. The number of rotatable bonds is 3. The normalized spacial score (nSPS) is 10.2. The Morgan fingerprint density at radius 3 is 2.65 bits per heavy atom. The van der Waals surface area contributed by atoms with E-state index >= 15 is 0 Å². The van der Waals surface area contributed by atoms with Crippen molar-refractivity contribution in [3.8, 4) is 5.75 Å². The number of nitrogens with two attached hydrogens (primary N) is 1. The van der Waals surface area contributed by atoms with Gasteiger partial charge < -0.3 is 15.8 Å². The Morgan fingerprint density at radius 1 is 1.25 bits per heavy atom. The van der Waals surface area contributed by atoms with Crippen molar-refractivity contribution in [3.63, 3.8) is 0 Å². The van der Waals surface area contributed by atoms with Gasteiger partial charge in [-0.3, -0.25) is 4.79 Å². The molecule has 2 rings (SSSR count). The summed E-state index contributed by atoms with van der Waals surface area (Å²) in [6, 6.07) is 9.31. The van der Waals surface area contributed by atoms with Crippen LogP contribution < -0.4 is 15.8 Å². The summed E-state index contributed by atoms with van der Waals surface area (Å²) in [6.07, 6.45) is 0. The highest BCUT2D eigenvalue weighted by molar-refractivity contribution is 6.05. The maximum atomic E-state index is 13.6. The second-order valence-corrected chi connectivity index (χ2v) is 4.38. The van der Waals surface area contributed by atoms with Crippen LogP contribution in [0.15, 0.2) is 36.4 Å². The number of carbonyl (C=O) groups excluding carboxylic acids is 1. The molecule has 20 heavy (non-hydrogen) atoms. The molecule has 0 saturated carbocycles. The number of anilines is 2. The highest BCUT2D eigenvalue weighted by atomic mass is 19.1. The van der Waals surface area contributed by atoms with E-state index in [0.717, 1.165) is 5.56 Å². The van der Waals surface area contributed by atoms with E-state index in [-0.39, 0.29) is 11.7 Å². The van der Waals surface area contributed by atoms with E-state index in [1.807, 2.05) is 6.92 Å². The number of nitrogen functional groups attached to an aromatic ring is 1. The van der Waals surface area contributed by atoms with Crippen molar-refractivity contribution in [2.75, 3.05) is 18.2 Å². The van der Waals surface area contributed by atoms with Gasteiger partial charge >= 0.3 is 0 Å². The molecule has 0 bridgehead atoms. The summed E-state index contributed by atoms with van der Waals surface area (Å²) in [6.45, 7) is 1.81. The molecule has 5 heteroatoms. The summed E-state index contributed by atoms with van der Waals surface area (Å²) >= 11 is 0. The largest absolute Gasteiger partial charge is 0.494 e. The Kier molecular flexibility index (Phi) is 3.89. The van der Waals surface area contributed by atoms with Gasteiger partial charge in [0.25, 0.3) is 5.91 Å². The summed E-state index contributed by atoms with van der Waals surface area (Å²) in [5.74, 6) is -0.739. The van der Waals surface area contributed by atoms with Crippen molar-refractivity contribution >= 4 is 17.3 Å². The van der Waals surface area contributed by atoms with Crippen molar-refractivity contribution < 1.29 is 13.9 Å². The summed E-state index contributed by atoms with van der Waals surface area (Å²) in [5, 5.41) is 2.63. The molecule has 104 valence electrons. The first-order valence-electron chi connectivity index (χ1n) is 6.02. The first-order chi connectivity index (χ1) is 9.51. The summed E-state index contributed by atoms with van der Waals surface area (Å²) < 4.78 is 18.4. The molecule has 0 aliphatic carbocycles. The average molecular weight is 274 g/mol. The third kappa shape index (κ3) is 2.88. The van der Waals surface area contributed by atoms with Crippen molar-refractivity contribution in [3.05, 3.63) is 53.3 Å². The lowest BCUT2D eigenvalue weighted by Gasteiger charge is -2.09. The first kappa shape index (κ1) is 13.9. The van der Waals surface area contributed by atoms with Gasteiger partial charge in [-0.15, -0.1) is 0 Å². The second-order valence-electron chi connectivity index (χ2n) is 4.38. The SMILES string of the molecule is COc1ccc(NC(=O)c2cc(N)ccc2C)cc1F. The minimum Gasteiger partial charge on any atom is -0.494 e. The van der Waals surface area contributed by atoms with Gasteiger partial charge in [-0.2, -0.15) is 0 Å². The maximum Gasteiger partial charge on any atom is 0.256 e. The number of methoxy groups -OCH3 is 1. The lowest BCUT2D eigenvalue weighted by Crippen LogP contribution is -2.14. The van der Waals surface area contributed by atoms with E-state index < -0.39 is 5.82 Å². The van der Waals surface area contributed by atoms with Gasteiger partial charge in [0.05, 0.1) is 7.11 Å². The number of halogens is 1. The molecule has 0 aromatic heterocycles. The minimum atomic E-state index is -0.533. The molecule has 0 aliphatic heterocycles. The Morgan fingerprint density at radius 2 is 2.00 bits per heavy atom. The maximum absolute atomic E-state index is 13.6. The number of benzene rings is 2. The van der Waals surface area contributed by atoms with Crippen LogP contribution in [0.1, 0.15) is 15.9 Å². The highest BCUT2D eigenvalue weighted by Gasteiger charge is 2.11. The van der Waals surface area contributed by atoms with E-state index in [4.69, 9.17) is 10.5 Å². The smallest absolute Gasteiger partial charge is 0.256 e. The molecule has 0 saturated heterocycles. The summed E-state index contributed by atoms with van der Waals surface area (Å²) in [7, 11) is 1.38. The molecule has 1 amide bonds. The number of ether oxygens (including phenoxy) is 1. The van der Waals surface area contributed by atoms with Crippen LogP contribution in [0.2, 0.25) is 0 Å². The van der Waals surface area contributed by atoms with Crippen molar-refractivity contribution in [1.29, 1.82) is 0 Å². The quantitative estimate of drug-likeness (QED) is 0.846. The molecule has 2 aromatic rings. The molecule has 0 unspecified atom stereocenters. The molecule has 0 fully saturated rings. The second kappa shape index (κ2) is 5.61. The predicted molar refractivity (Wildman–Crippen MR) is 76.5 cm³/mol. The highest BCUT2D eigenvalue weighted by Crippen LogP contribution is 2.21. The lowest BCUT2D eigenvalue weighted by molar-refractivity contribution is 0.102. The number of aryl methyl sites for hydroxylation is 1. The van der Waals surface area contributed by atoms with E-state index in [9.17, 15) is 9.18 Å². The van der Waals surface area contributed by atoms with Crippen LogP contribution in [0.3, 0.4) is 0 Å². The Bertz CT molecular complexity index is 656. The topological polar surface area (TPSA) is 64.3 Å². The Hall–Kier alpha value is -2.56. The number of nitrogens with one attached hydrogen (secondary N) is 1. The van der Waals surface area contributed by atoms with Crippen LogP contribution in [0.5, 0.6) is 5.75 Å². The summed E-state index contributed by atoms with van der Waals surface area (Å²) in [4.78, 5) is 12.1. The van der Waals surface area contributed by atoms with E-state index in [1.54, 1.807) is 24.3 Å². The molecule has 0 spiro atoms. The van der Waals surface area contributed by atoms with Gasteiger partial charge in [-0.1, -0.05) is 6.07 Å². The van der Waals surface area contributed by atoms with Gasteiger partial charge in [0.1, 0.15) is 0 Å². The fourth-order valence-corrected chi connectivity index (χ4v) is 1.83. The van der Waals surface area contributed by atoms with Gasteiger partial charge in [0.2, 0.25) is 0 Å². The molecule has 0 radical (unpaired) electrons. The van der Waals surface area contributed by atoms with E-state index in [1.165, 1.54) is 19.2 Å².